The molecule has 3 heterocycles. The van der Waals surface area contributed by atoms with Crippen LogP contribution in [0, 0.1) is 5.92 Å². The number of aromatic nitrogens is 2. The Morgan fingerprint density at radius 2 is 2.14 bits per heavy atom. The molecule has 3 rings (SSSR count). The minimum atomic E-state index is -3.10. The van der Waals surface area contributed by atoms with Crippen molar-refractivity contribution in [3.8, 4) is 6.01 Å². The van der Waals surface area contributed by atoms with Gasteiger partial charge < -0.3 is 9.47 Å². The third-order valence-electron chi connectivity index (χ3n) is 4.29. The van der Waals surface area contributed by atoms with Crippen LogP contribution < -0.4 is 4.74 Å². The van der Waals surface area contributed by atoms with Crippen LogP contribution in [0.4, 0.5) is 0 Å². The van der Waals surface area contributed by atoms with Crippen molar-refractivity contribution in [3.05, 3.63) is 18.5 Å². The monoisotopic (exact) mass is 327 g/mol. The first-order chi connectivity index (χ1) is 10.5. The van der Waals surface area contributed by atoms with Gasteiger partial charge in [-0.1, -0.05) is 0 Å². The van der Waals surface area contributed by atoms with E-state index in [9.17, 15) is 8.42 Å². The molecule has 7 nitrogen and oxygen atoms in total. The highest BCUT2D eigenvalue weighted by atomic mass is 32.2. The van der Waals surface area contributed by atoms with Crippen molar-refractivity contribution in [2.75, 3.05) is 32.6 Å². The van der Waals surface area contributed by atoms with Crippen molar-refractivity contribution in [3.63, 3.8) is 0 Å². The zero-order valence-corrected chi connectivity index (χ0v) is 13.5. The summed E-state index contributed by atoms with van der Waals surface area (Å²) in [5, 5.41) is 0. The predicted octanol–water partition coefficient (Wildman–Crippen LogP) is 0.686. The Hall–Kier alpha value is -1.25. The normalized spacial score (nSPS) is 24.9. The lowest BCUT2D eigenvalue weighted by molar-refractivity contribution is -0.156. The van der Waals surface area contributed by atoms with Gasteiger partial charge in [-0.2, -0.15) is 4.31 Å². The molecule has 0 saturated carbocycles. The molecule has 1 spiro atoms. The van der Waals surface area contributed by atoms with E-state index in [1.54, 1.807) is 18.5 Å². The van der Waals surface area contributed by atoms with Crippen LogP contribution in [-0.4, -0.2) is 60.9 Å². The second kappa shape index (κ2) is 6.10. The minimum Gasteiger partial charge on any atom is -0.463 e. The first kappa shape index (κ1) is 15.6. The van der Waals surface area contributed by atoms with Gasteiger partial charge in [0.05, 0.1) is 18.5 Å². The highest BCUT2D eigenvalue weighted by Gasteiger charge is 2.50. The van der Waals surface area contributed by atoms with E-state index in [1.165, 1.54) is 10.6 Å². The van der Waals surface area contributed by atoms with Crippen LogP contribution >= 0.6 is 0 Å². The molecule has 1 unspecified atom stereocenters. The number of hydrogen-bond acceptors (Lipinski definition) is 6. The molecule has 0 bridgehead atoms. The molecular weight excluding hydrogens is 306 g/mol. The third kappa shape index (κ3) is 3.56. The van der Waals surface area contributed by atoms with Crippen LogP contribution in [0.15, 0.2) is 18.5 Å². The fourth-order valence-electron chi connectivity index (χ4n) is 3.10. The van der Waals surface area contributed by atoms with Crippen LogP contribution in [0.3, 0.4) is 0 Å². The molecule has 0 N–H and O–H groups in total. The quantitative estimate of drug-likeness (QED) is 0.791. The molecule has 1 aromatic rings. The van der Waals surface area contributed by atoms with E-state index in [-0.39, 0.29) is 5.60 Å². The smallest absolute Gasteiger partial charge is 0.316 e. The molecule has 2 fully saturated rings. The Morgan fingerprint density at radius 3 is 2.82 bits per heavy atom. The highest BCUT2D eigenvalue weighted by molar-refractivity contribution is 7.88. The summed E-state index contributed by atoms with van der Waals surface area (Å²) < 4.78 is 35.8. The average molecular weight is 327 g/mol. The molecule has 0 aliphatic carbocycles. The summed E-state index contributed by atoms with van der Waals surface area (Å²) in [5.41, 5.74) is -0.282. The number of nitrogens with zero attached hydrogens (tertiary/aromatic N) is 3. The Balaban J connectivity index is 1.46. The standard InChI is InChI=1S/C14H21N3O4S/c1-22(18,19)17-10-14(11-17)9-12(4-8-21-14)3-7-20-13-15-5-2-6-16-13/h2,5-6,12H,3-4,7-11H2,1H3. The fourth-order valence-corrected chi connectivity index (χ4v) is 4.04. The van der Waals surface area contributed by atoms with Gasteiger partial charge in [0.2, 0.25) is 10.0 Å². The summed E-state index contributed by atoms with van der Waals surface area (Å²) in [4.78, 5) is 8.05. The Bertz CT molecular complexity index is 602. The van der Waals surface area contributed by atoms with Crippen LogP contribution in [0.1, 0.15) is 19.3 Å². The number of rotatable bonds is 5. The van der Waals surface area contributed by atoms with Gasteiger partial charge in [-0.25, -0.2) is 18.4 Å². The van der Waals surface area contributed by atoms with Crippen molar-refractivity contribution in [2.24, 2.45) is 5.92 Å². The second-order valence-corrected chi connectivity index (χ2v) is 8.07. The van der Waals surface area contributed by atoms with E-state index in [2.05, 4.69) is 9.97 Å². The maximum Gasteiger partial charge on any atom is 0.316 e. The van der Waals surface area contributed by atoms with Crippen LogP contribution in [0.25, 0.3) is 0 Å². The predicted molar refractivity (Wildman–Crippen MR) is 80.0 cm³/mol. The lowest BCUT2D eigenvalue weighted by Gasteiger charge is -2.52. The summed E-state index contributed by atoms with van der Waals surface area (Å²) in [5.74, 6) is 0.485. The Morgan fingerprint density at radius 1 is 1.41 bits per heavy atom. The molecule has 2 aliphatic rings. The van der Waals surface area contributed by atoms with Gasteiger partial charge in [-0.05, 0) is 31.2 Å². The zero-order chi connectivity index (χ0) is 15.6. The van der Waals surface area contributed by atoms with Crippen LogP contribution in [0.2, 0.25) is 0 Å². The summed E-state index contributed by atoms with van der Waals surface area (Å²) in [7, 11) is -3.10. The lowest BCUT2D eigenvalue weighted by Crippen LogP contribution is -2.66. The molecule has 1 atom stereocenters. The first-order valence-electron chi connectivity index (χ1n) is 7.46. The molecule has 22 heavy (non-hydrogen) atoms. The molecule has 8 heteroatoms. The van der Waals surface area contributed by atoms with E-state index in [0.717, 1.165) is 19.3 Å². The molecular formula is C14H21N3O4S. The SMILES string of the molecule is CS(=O)(=O)N1CC2(CC(CCOc3ncccn3)CCO2)C1. The molecule has 1 aromatic heterocycles. The van der Waals surface area contributed by atoms with Gasteiger partial charge in [0.1, 0.15) is 0 Å². The lowest BCUT2D eigenvalue weighted by atomic mass is 9.80. The summed E-state index contributed by atoms with van der Waals surface area (Å²) >= 11 is 0. The Labute approximate surface area is 130 Å². The van der Waals surface area contributed by atoms with Gasteiger partial charge in [-0.3, -0.25) is 0 Å². The third-order valence-corrected chi connectivity index (χ3v) is 5.49. The van der Waals surface area contributed by atoms with Gasteiger partial charge in [0, 0.05) is 32.1 Å². The van der Waals surface area contributed by atoms with Gasteiger partial charge in [0.25, 0.3) is 0 Å². The summed E-state index contributed by atoms with van der Waals surface area (Å²) in [6.45, 7) is 2.21. The number of ether oxygens (including phenoxy) is 2. The van der Waals surface area contributed by atoms with E-state index in [4.69, 9.17) is 9.47 Å². The summed E-state index contributed by atoms with van der Waals surface area (Å²) in [6, 6.07) is 2.15. The first-order valence-corrected chi connectivity index (χ1v) is 9.31. The topological polar surface area (TPSA) is 81.6 Å². The van der Waals surface area contributed by atoms with Gasteiger partial charge in [0.15, 0.2) is 0 Å². The average Bonchev–Trinajstić information content (AvgIpc) is 2.45. The fraction of sp³-hybridized carbons (Fsp3) is 0.714. The summed E-state index contributed by atoms with van der Waals surface area (Å²) in [6.07, 6.45) is 7.33. The van der Waals surface area contributed by atoms with E-state index >= 15 is 0 Å². The number of hydrogen-bond donors (Lipinski definition) is 0. The van der Waals surface area contributed by atoms with Gasteiger partial charge in [-0.15, -0.1) is 0 Å². The van der Waals surface area contributed by atoms with Gasteiger partial charge >= 0.3 is 6.01 Å². The highest BCUT2D eigenvalue weighted by Crippen LogP contribution is 2.38. The second-order valence-electron chi connectivity index (χ2n) is 6.09. The van der Waals surface area contributed by atoms with E-state index < -0.39 is 10.0 Å². The maximum atomic E-state index is 11.5. The van der Waals surface area contributed by atoms with Crippen molar-refractivity contribution < 1.29 is 17.9 Å². The molecule has 0 amide bonds. The van der Waals surface area contributed by atoms with E-state index in [0.29, 0.717) is 38.2 Å². The minimum absolute atomic E-state index is 0.282. The molecule has 2 saturated heterocycles. The zero-order valence-electron chi connectivity index (χ0n) is 12.6. The maximum absolute atomic E-state index is 11.5. The van der Waals surface area contributed by atoms with Crippen molar-refractivity contribution in [1.82, 2.24) is 14.3 Å². The number of sulfonamides is 1. The Kier molecular flexibility index (Phi) is 4.33. The van der Waals surface area contributed by atoms with E-state index in [1.807, 2.05) is 0 Å². The van der Waals surface area contributed by atoms with Crippen molar-refractivity contribution in [1.29, 1.82) is 0 Å². The molecule has 2 aliphatic heterocycles. The van der Waals surface area contributed by atoms with Crippen molar-refractivity contribution in [2.45, 2.75) is 24.9 Å². The molecule has 0 radical (unpaired) electrons. The van der Waals surface area contributed by atoms with Crippen LogP contribution in [-0.2, 0) is 14.8 Å². The largest absolute Gasteiger partial charge is 0.463 e. The van der Waals surface area contributed by atoms with Crippen LogP contribution in [0.5, 0.6) is 6.01 Å². The molecule has 122 valence electrons. The molecule has 0 aromatic carbocycles. The van der Waals surface area contributed by atoms with Crippen molar-refractivity contribution >= 4 is 10.0 Å².